The Hall–Kier alpha value is -2.67. The van der Waals surface area contributed by atoms with Crippen LogP contribution in [-0.2, 0) is 6.42 Å². The molecule has 1 fully saturated rings. The normalized spacial score (nSPS) is 17.1. The van der Waals surface area contributed by atoms with Crippen LogP contribution in [-0.4, -0.2) is 65.4 Å². The molecule has 2 aromatic rings. The van der Waals surface area contributed by atoms with Crippen LogP contribution < -0.4 is 10.1 Å². The number of piperazine rings is 1. The Kier molecular flexibility index (Phi) is 4.23. The van der Waals surface area contributed by atoms with Gasteiger partial charge in [0.15, 0.2) is 0 Å². The van der Waals surface area contributed by atoms with E-state index in [0.717, 1.165) is 37.5 Å². The van der Waals surface area contributed by atoms with Gasteiger partial charge in [-0.1, -0.05) is 0 Å². The number of aromatic nitrogens is 2. The number of carbonyl (C=O) groups excluding carboxylic acids is 1. The van der Waals surface area contributed by atoms with Gasteiger partial charge in [0.2, 0.25) is 5.88 Å². The van der Waals surface area contributed by atoms with E-state index < -0.39 is 0 Å². The smallest absolute Gasteiger partial charge is 0.272 e. The largest absolute Gasteiger partial charge is 0.439 e. The number of hydrogen-bond donors (Lipinski definition) is 1. The van der Waals surface area contributed by atoms with Crippen molar-refractivity contribution in [2.24, 2.45) is 0 Å². The van der Waals surface area contributed by atoms with Gasteiger partial charge in [-0.15, -0.1) is 0 Å². The molecule has 2 aliphatic rings. The highest BCUT2D eigenvalue weighted by molar-refractivity contribution is 5.92. The average Bonchev–Trinajstić information content (AvgIpc) is 3.10. The number of nitrogens with zero attached hydrogens (tertiary/aromatic N) is 4. The van der Waals surface area contributed by atoms with Crippen molar-refractivity contribution in [1.82, 2.24) is 19.8 Å². The molecule has 0 unspecified atom stereocenters. The summed E-state index contributed by atoms with van der Waals surface area (Å²) < 4.78 is 5.84. The molecule has 7 heteroatoms. The summed E-state index contributed by atoms with van der Waals surface area (Å²) in [6.45, 7) is 4.14. The Labute approximate surface area is 146 Å². The van der Waals surface area contributed by atoms with Gasteiger partial charge in [0.05, 0.1) is 0 Å². The van der Waals surface area contributed by atoms with Crippen molar-refractivity contribution in [2.45, 2.75) is 6.42 Å². The minimum atomic E-state index is -0.0708. The lowest BCUT2D eigenvalue weighted by Crippen LogP contribution is -2.47. The molecule has 0 saturated carbocycles. The summed E-state index contributed by atoms with van der Waals surface area (Å²) in [4.78, 5) is 24.9. The molecule has 0 atom stereocenters. The van der Waals surface area contributed by atoms with Crippen LogP contribution in [0.15, 0.2) is 30.6 Å². The third kappa shape index (κ3) is 3.41. The molecule has 130 valence electrons. The first-order valence-corrected chi connectivity index (χ1v) is 8.53. The molecule has 1 aromatic carbocycles. The SMILES string of the molecule is CN1CCN(C(=O)c2cc(Oc3ccc4c(c3)CCN4)ncn2)CC1. The molecule has 0 aliphatic carbocycles. The van der Waals surface area contributed by atoms with Gasteiger partial charge in [-0.25, -0.2) is 9.97 Å². The van der Waals surface area contributed by atoms with E-state index in [4.69, 9.17) is 4.74 Å². The van der Waals surface area contributed by atoms with E-state index in [1.165, 1.54) is 11.9 Å². The second kappa shape index (κ2) is 6.68. The maximum Gasteiger partial charge on any atom is 0.272 e. The number of benzene rings is 1. The van der Waals surface area contributed by atoms with E-state index in [0.29, 0.717) is 24.7 Å². The number of rotatable bonds is 3. The number of fused-ring (bicyclic) bond motifs is 1. The van der Waals surface area contributed by atoms with Gasteiger partial charge in [0.1, 0.15) is 17.8 Å². The lowest BCUT2D eigenvalue weighted by molar-refractivity contribution is 0.0657. The number of anilines is 1. The summed E-state index contributed by atoms with van der Waals surface area (Å²) in [7, 11) is 2.06. The number of hydrogen-bond acceptors (Lipinski definition) is 6. The Balaban J connectivity index is 1.48. The number of likely N-dealkylation sites (N-methyl/N-ethyl adjacent to an activating group) is 1. The van der Waals surface area contributed by atoms with E-state index in [1.54, 1.807) is 6.07 Å². The van der Waals surface area contributed by atoms with Crippen molar-refractivity contribution in [3.63, 3.8) is 0 Å². The number of nitrogens with one attached hydrogen (secondary N) is 1. The minimum absolute atomic E-state index is 0.0708. The van der Waals surface area contributed by atoms with Crippen LogP contribution in [0.3, 0.4) is 0 Å². The summed E-state index contributed by atoms with van der Waals surface area (Å²) in [6, 6.07) is 7.54. The third-order valence-corrected chi connectivity index (χ3v) is 4.66. The van der Waals surface area contributed by atoms with Crippen LogP contribution >= 0.6 is 0 Å². The van der Waals surface area contributed by atoms with Crippen LogP contribution in [0.4, 0.5) is 5.69 Å². The van der Waals surface area contributed by atoms with Crippen LogP contribution in [0.1, 0.15) is 16.1 Å². The van der Waals surface area contributed by atoms with Gasteiger partial charge < -0.3 is 19.9 Å². The molecule has 0 bridgehead atoms. The molecule has 1 N–H and O–H groups in total. The first-order chi connectivity index (χ1) is 12.2. The fraction of sp³-hybridized carbons (Fsp3) is 0.389. The Morgan fingerprint density at radius 2 is 2.00 bits per heavy atom. The summed E-state index contributed by atoms with van der Waals surface area (Å²) in [5, 5.41) is 3.32. The average molecular weight is 339 g/mol. The number of ether oxygens (including phenoxy) is 1. The van der Waals surface area contributed by atoms with Gasteiger partial charge in [0, 0.05) is 44.5 Å². The maximum absolute atomic E-state index is 12.6. The van der Waals surface area contributed by atoms with Crippen molar-refractivity contribution in [1.29, 1.82) is 0 Å². The summed E-state index contributed by atoms with van der Waals surface area (Å²) >= 11 is 0. The lowest BCUT2D eigenvalue weighted by Gasteiger charge is -2.32. The zero-order chi connectivity index (χ0) is 17.2. The first kappa shape index (κ1) is 15.8. The Morgan fingerprint density at radius 1 is 1.16 bits per heavy atom. The van der Waals surface area contributed by atoms with Gasteiger partial charge >= 0.3 is 0 Å². The molecular weight excluding hydrogens is 318 g/mol. The van der Waals surface area contributed by atoms with Crippen molar-refractivity contribution in [3.05, 3.63) is 41.9 Å². The zero-order valence-electron chi connectivity index (χ0n) is 14.2. The molecule has 1 aromatic heterocycles. The highest BCUT2D eigenvalue weighted by Gasteiger charge is 2.22. The first-order valence-electron chi connectivity index (χ1n) is 8.53. The van der Waals surface area contributed by atoms with Crippen molar-refractivity contribution >= 4 is 11.6 Å². The van der Waals surface area contributed by atoms with E-state index in [9.17, 15) is 4.79 Å². The molecule has 3 heterocycles. The van der Waals surface area contributed by atoms with Crippen molar-refractivity contribution in [2.75, 3.05) is 45.1 Å². The lowest BCUT2D eigenvalue weighted by atomic mass is 10.1. The summed E-state index contributed by atoms with van der Waals surface area (Å²) in [6.07, 6.45) is 2.37. The van der Waals surface area contributed by atoms with E-state index >= 15 is 0 Å². The second-order valence-electron chi connectivity index (χ2n) is 6.43. The van der Waals surface area contributed by atoms with Crippen LogP contribution in [0, 0.1) is 0 Å². The molecule has 1 saturated heterocycles. The van der Waals surface area contributed by atoms with Crippen LogP contribution in [0.25, 0.3) is 0 Å². The van der Waals surface area contributed by atoms with Gasteiger partial charge in [-0.3, -0.25) is 4.79 Å². The van der Waals surface area contributed by atoms with Crippen molar-refractivity contribution in [3.8, 4) is 11.6 Å². The molecule has 0 spiro atoms. The number of carbonyl (C=O) groups is 1. The highest BCUT2D eigenvalue weighted by Crippen LogP contribution is 2.28. The monoisotopic (exact) mass is 339 g/mol. The van der Waals surface area contributed by atoms with Crippen LogP contribution in [0.5, 0.6) is 11.6 Å². The summed E-state index contributed by atoms with van der Waals surface area (Å²) in [5.74, 6) is 1.04. The topological polar surface area (TPSA) is 70.6 Å². The second-order valence-corrected chi connectivity index (χ2v) is 6.43. The number of amides is 1. The molecule has 0 radical (unpaired) electrons. The molecule has 4 rings (SSSR count). The third-order valence-electron chi connectivity index (χ3n) is 4.66. The standard InChI is InChI=1S/C18H21N5O2/c1-22-6-8-23(9-7-22)18(24)16-11-17(21-12-20-16)25-14-2-3-15-13(10-14)4-5-19-15/h2-3,10-12,19H,4-9H2,1H3. The molecule has 1 amide bonds. The fourth-order valence-electron chi connectivity index (χ4n) is 3.15. The molecule has 25 heavy (non-hydrogen) atoms. The van der Waals surface area contributed by atoms with Crippen molar-refractivity contribution < 1.29 is 9.53 Å². The van der Waals surface area contributed by atoms with E-state index in [2.05, 4.69) is 27.2 Å². The fourth-order valence-corrected chi connectivity index (χ4v) is 3.15. The Morgan fingerprint density at radius 3 is 2.84 bits per heavy atom. The molecule has 2 aliphatic heterocycles. The highest BCUT2D eigenvalue weighted by atomic mass is 16.5. The van der Waals surface area contributed by atoms with E-state index in [1.807, 2.05) is 23.1 Å². The predicted molar refractivity (Wildman–Crippen MR) is 94.1 cm³/mol. The predicted octanol–water partition coefficient (Wildman–Crippen LogP) is 1.62. The van der Waals surface area contributed by atoms with E-state index in [-0.39, 0.29) is 5.91 Å². The summed E-state index contributed by atoms with van der Waals surface area (Å²) in [5.41, 5.74) is 2.76. The zero-order valence-corrected chi connectivity index (χ0v) is 14.2. The van der Waals surface area contributed by atoms with Gasteiger partial charge in [0.25, 0.3) is 5.91 Å². The molecule has 7 nitrogen and oxygen atoms in total. The minimum Gasteiger partial charge on any atom is -0.439 e. The molecular formula is C18H21N5O2. The van der Waals surface area contributed by atoms with Gasteiger partial charge in [-0.2, -0.15) is 0 Å². The Bertz CT molecular complexity index is 787. The van der Waals surface area contributed by atoms with Crippen LogP contribution in [0.2, 0.25) is 0 Å². The maximum atomic E-state index is 12.6. The van der Waals surface area contributed by atoms with Gasteiger partial charge in [-0.05, 0) is 37.2 Å². The quantitative estimate of drug-likeness (QED) is 0.916.